The van der Waals surface area contributed by atoms with Gasteiger partial charge in [-0.3, -0.25) is 9.59 Å². The van der Waals surface area contributed by atoms with Crippen molar-refractivity contribution >= 4 is 11.9 Å². The summed E-state index contributed by atoms with van der Waals surface area (Å²) in [6, 6.07) is 0. The molecule has 0 aromatic carbocycles. The van der Waals surface area contributed by atoms with E-state index in [2.05, 4.69) is 5.32 Å². The lowest BCUT2D eigenvalue weighted by Crippen LogP contribution is -2.61. The van der Waals surface area contributed by atoms with Crippen molar-refractivity contribution in [2.45, 2.75) is 56.3 Å². The van der Waals surface area contributed by atoms with Crippen LogP contribution in [0.3, 0.4) is 0 Å². The highest BCUT2D eigenvalue weighted by Gasteiger charge is 2.56. The van der Waals surface area contributed by atoms with Gasteiger partial charge in [-0.1, -0.05) is 12.2 Å². The second kappa shape index (κ2) is 4.59. The summed E-state index contributed by atoms with van der Waals surface area (Å²) in [7, 11) is 0. The summed E-state index contributed by atoms with van der Waals surface area (Å²) in [6.45, 7) is 0. The summed E-state index contributed by atoms with van der Waals surface area (Å²) in [5, 5.41) is 12.8. The van der Waals surface area contributed by atoms with E-state index in [1.807, 2.05) is 6.08 Å². The van der Waals surface area contributed by atoms with Crippen molar-refractivity contribution in [2.75, 3.05) is 0 Å². The maximum Gasteiger partial charge on any atom is 0.310 e. The summed E-state index contributed by atoms with van der Waals surface area (Å²) in [4.78, 5) is 24.5. The monoisotopic (exact) mass is 317 g/mol. The second-order valence-electron chi connectivity index (χ2n) is 8.53. The van der Waals surface area contributed by atoms with Gasteiger partial charge in [0.2, 0.25) is 5.91 Å². The molecule has 5 nitrogen and oxygen atoms in total. The fraction of sp³-hybridized carbons (Fsp3) is 0.778. The van der Waals surface area contributed by atoms with Crippen LogP contribution in [0.5, 0.6) is 0 Å². The van der Waals surface area contributed by atoms with Gasteiger partial charge in [-0.25, -0.2) is 0 Å². The summed E-state index contributed by atoms with van der Waals surface area (Å²) in [5.41, 5.74) is -0.0690. The Hall–Kier alpha value is -1.36. The molecule has 6 bridgehead atoms. The van der Waals surface area contributed by atoms with Gasteiger partial charge in [0.05, 0.1) is 18.1 Å². The molecule has 0 unspecified atom stereocenters. The number of hydrogen-bond acceptors (Lipinski definition) is 3. The topological polar surface area (TPSA) is 75.6 Å². The quantitative estimate of drug-likeness (QED) is 0.777. The van der Waals surface area contributed by atoms with Crippen LogP contribution in [0, 0.1) is 29.6 Å². The smallest absolute Gasteiger partial charge is 0.310 e. The second-order valence-corrected chi connectivity index (χ2v) is 8.53. The standard InChI is InChI=1S/C18H23NO4/c20-16(14-12-1-2-13(23-12)15(14)17(21)22)19-18-6-9-3-10(7-18)5-11(4-9)8-18/h1-2,9-15H,3-8H2,(H,19,20)(H,21,22)/t9?,10?,11?,12-,13-,14-,15+,18?/m1/s1. The lowest BCUT2D eigenvalue weighted by Gasteiger charge is -2.57. The third-order valence-corrected chi connectivity index (χ3v) is 6.91. The molecule has 1 amide bonds. The van der Waals surface area contributed by atoms with E-state index < -0.39 is 23.9 Å². The highest BCUT2D eigenvalue weighted by molar-refractivity contribution is 5.87. The van der Waals surface area contributed by atoms with Crippen LogP contribution in [0.2, 0.25) is 0 Å². The molecule has 5 fully saturated rings. The van der Waals surface area contributed by atoms with Crippen molar-refractivity contribution in [3.63, 3.8) is 0 Å². The molecule has 0 aromatic rings. The van der Waals surface area contributed by atoms with Crippen LogP contribution in [0.4, 0.5) is 0 Å². The fourth-order valence-corrected chi connectivity index (χ4v) is 6.52. The Labute approximate surface area is 135 Å². The SMILES string of the molecule is O=C(O)[C@@H]1[C@H](C(=O)NC23CC4CC(CC(C4)C2)C3)[C@H]2C=C[C@H]1O2. The number of rotatable bonds is 3. The van der Waals surface area contributed by atoms with Gasteiger partial charge in [-0.05, 0) is 56.3 Å². The van der Waals surface area contributed by atoms with Gasteiger partial charge in [0.1, 0.15) is 5.92 Å². The number of ether oxygens (including phenoxy) is 1. The van der Waals surface area contributed by atoms with Crippen molar-refractivity contribution in [3.8, 4) is 0 Å². The van der Waals surface area contributed by atoms with Gasteiger partial charge in [0.15, 0.2) is 0 Å². The number of carbonyl (C=O) groups is 2. The summed E-state index contributed by atoms with van der Waals surface area (Å²) < 4.78 is 5.65. The molecule has 23 heavy (non-hydrogen) atoms. The lowest BCUT2D eigenvalue weighted by molar-refractivity contribution is -0.148. The van der Waals surface area contributed by atoms with Gasteiger partial charge in [0.25, 0.3) is 0 Å². The zero-order chi connectivity index (χ0) is 15.8. The average Bonchev–Trinajstić information content (AvgIpc) is 3.05. The number of carbonyl (C=O) groups excluding carboxylic acids is 1. The molecule has 4 aliphatic carbocycles. The molecule has 4 atom stereocenters. The van der Waals surface area contributed by atoms with E-state index in [9.17, 15) is 14.7 Å². The third-order valence-electron chi connectivity index (χ3n) is 6.91. The van der Waals surface area contributed by atoms with Crippen molar-refractivity contribution in [3.05, 3.63) is 12.2 Å². The van der Waals surface area contributed by atoms with Gasteiger partial charge in [-0.2, -0.15) is 0 Å². The molecule has 1 saturated heterocycles. The van der Waals surface area contributed by atoms with Crippen molar-refractivity contribution < 1.29 is 19.4 Å². The highest BCUT2D eigenvalue weighted by atomic mass is 16.5. The highest BCUT2D eigenvalue weighted by Crippen LogP contribution is 2.56. The van der Waals surface area contributed by atoms with E-state index in [4.69, 9.17) is 4.74 Å². The third kappa shape index (κ3) is 2.02. The zero-order valence-electron chi connectivity index (χ0n) is 13.1. The summed E-state index contributed by atoms with van der Waals surface area (Å²) >= 11 is 0. The van der Waals surface area contributed by atoms with E-state index in [1.54, 1.807) is 6.08 Å². The van der Waals surface area contributed by atoms with E-state index in [0.29, 0.717) is 0 Å². The lowest BCUT2D eigenvalue weighted by atomic mass is 9.53. The van der Waals surface area contributed by atoms with Crippen LogP contribution in [0.15, 0.2) is 12.2 Å². The van der Waals surface area contributed by atoms with Crippen LogP contribution >= 0.6 is 0 Å². The number of aliphatic carboxylic acids is 1. The molecule has 124 valence electrons. The summed E-state index contributed by atoms with van der Waals surface area (Å²) in [6.07, 6.45) is 10.1. The Balaban J connectivity index is 1.37. The Bertz CT molecular complexity index is 563. The van der Waals surface area contributed by atoms with E-state index in [0.717, 1.165) is 37.0 Å². The predicted molar refractivity (Wildman–Crippen MR) is 81.5 cm³/mol. The molecular formula is C18H23NO4. The number of fused-ring (bicyclic) bond motifs is 2. The van der Waals surface area contributed by atoms with Gasteiger partial charge in [0, 0.05) is 5.54 Å². The Morgan fingerprint density at radius 2 is 1.48 bits per heavy atom. The van der Waals surface area contributed by atoms with Gasteiger partial charge >= 0.3 is 5.97 Å². The van der Waals surface area contributed by atoms with Crippen LogP contribution in [0.1, 0.15) is 38.5 Å². The van der Waals surface area contributed by atoms with Crippen LogP contribution < -0.4 is 5.32 Å². The van der Waals surface area contributed by atoms with E-state index in [1.165, 1.54) is 19.3 Å². The Kier molecular flexibility index (Phi) is 2.80. The maximum absolute atomic E-state index is 12.9. The average molecular weight is 317 g/mol. The van der Waals surface area contributed by atoms with Crippen LogP contribution in [-0.4, -0.2) is 34.7 Å². The molecule has 0 radical (unpaired) electrons. The number of amides is 1. The first-order valence-corrected chi connectivity index (χ1v) is 8.92. The Morgan fingerprint density at radius 3 is 2.00 bits per heavy atom. The molecule has 4 saturated carbocycles. The molecule has 0 spiro atoms. The maximum atomic E-state index is 12.9. The van der Waals surface area contributed by atoms with Crippen molar-refractivity contribution in [1.82, 2.24) is 5.32 Å². The molecule has 0 aromatic heterocycles. The largest absolute Gasteiger partial charge is 0.481 e. The summed E-state index contributed by atoms with van der Waals surface area (Å²) in [5.74, 6) is -0.0629. The predicted octanol–water partition coefficient (Wildman–Crippen LogP) is 1.73. The normalized spacial score (nSPS) is 52.1. The fourth-order valence-electron chi connectivity index (χ4n) is 6.52. The van der Waals surface area contributed by atoms with Gasteiger partial charge in [-0.15, -0.1) is 0 Å². The number of carboxylic acid groups (broad SMARTS) is 1. The van der Waals surface area contributed by atoms with Crippen molar-refractivity contribution in [2.24, 2.45) is 29.6 Å². The van der Waals surface area contributed by atoms with E-state index >= 15 is 0 Å². The first-order chi connectivity index (χ1) is 11.0. The minimum atomic E-state index is -0.924. The first kappa shape index (κ1) is 14.0. The molecule has 2 heterocycles. The number of hydrogen-bond donors (Lipinski definition) is 2. The minimum Gasteiger partial charge on any atom is -0.481 e. The molecule has 6 rings (SSSR count). The minimum absolute atomic E-state index is 0.0690. The zero-order valence-corrected chi connectivity index (χ0v) is 13.1. The molecular weight excluding hydrogens is 294 g/mol. The van der Waals surface area contributed by atoms with Crippen LogP contribution in [-0.2, 0) is 14.3 Å². The first-order valence-electron chi connectivity index (χ1n) is 8.92. The molecule has 6 aliphatic rings. The molecule has 2 aliphatic heterocycles. The van der Waals surface area contributed by atoms with Crippen LogP contribution in [0.25, 0.3) is 0 Å². The molecule has 5 heteroatoms. The van der Waals surface area contributed by atoms with Crippen molar-refractivity contribution in [1.29, 1.82) is 0 Å². The van der Waals surface area contributed by atoms with Gasteiger partial charge < -0.3 is 15.2 Å². The Morgan fingerprint density at radius 1 is 0.957 bits per heavy atom. The number of nitrogens with one attached hydrogen (secondary N) is 1. The van der Waals surface area contributed by atoms with E-state index in [-0.39, 0.29) is 17.6 Å². The number of carboxylic acids is 1. The molecule has 2 N–H and O–H groups in total.